The van der Waals surface area contributed by atoms with Crippen LogP contribution in [0, 0.1) is 5.92 Å². The van der Waals surface area contributed by atoms with Gasteiger partial charge in [-0.1, -0.05) is 32.0 Å². The Balaban J connectivity index is 1.72. The first kappa shape index (κ1) is 13.2. The van der Waals surface area contributed by atoms with Crippen molar-refractivity contribution in [2.45, 2.75) is 44.4 Å². The third kappa shape index (κ3) is 3.62. The standard InChI is InChI=1S/C13H25N3S/c1-10(2)12-9-15-13(17-12)14-8-11-6-4-5-7-16(11)3/h10-12H,4-9H2,1-3H3,(H,14,15). The van der Waals surface area contributed by atoms with E-state index in [1.807, 2.05) is 11.8 Å². The zero-order valence-electron chi connectivity index (χ0n) is 11.3. The SMILES string of the molecule is CC(C)C1CN=C(NCC2CCCCN2C)S1. The maximum atomic E-state index is 4.60. The average Bonchev–Trinajstić information content (AvgIpc) is 2.77. The normalized spacial score (nSPS) is 30.7. The highest BCUT2D eigenvalue weighted by molar-refractivity contribution is 8.14. The molecule has 2 aliphatic rings. The number of hydrogen-bond acceptors (Lipinski definition) is 4. The van der Waals surface area contributed by atoms with Crippen molar-refractivity contribution in [2.75, 3.05) is 26.7 Å². The Labute approximate surface area is 109 Å². The Morgan fingerprint density at radius 2 is 2.29 bits per heavy atom. The van der Waals surface area contributed by atoms with E-state index in [9.17, 15) is 0 Å². The van der Waals surface area contributed by atoms with E-state index in [1.54, 1.807) is 0 Å². The number of nitrogens with one attached hydrogen (secondary N) is 1. The van der Waals surface area contributed by atoms with Crippen molar-refractivity contribution in [3.63, 3.8) is 0 Å². The minimum Gasteiger partial charge on any atom is -0.363 e. The largest absolute Gasteiger partial charge is 0.363 e. The molecule has 1 fully saturated rings. The van der Waals surface area contributed by atoms with Gasteiger partial charge in [0.25, 0.3) is 0 Å². The third-order valence-electron chi connectivity index (χ3n) is 3.83. The van der Waals surface area contributed by atoms with Crippen molar-refractivity contribution in [1.29, 1.82) is 0 Å². The maximum Gasteiger partial charge on any atom is 0.156 e. The molecule has 3 nitrogen and oxygen atoms in total. The predicted octanol–water partition coefficient (Wildman–Crippen LogP) is 2.19. The van der Waals surface area contributed by atoms with Gasteiger partial charge in [-0.2, -0.15) is 0 Å². The zero-order valence-corrected chi connectivity index (χ0v) is 12.1. The summed E-state index contributed by atoms with van der Waals surface area (Å²) in [4.78, 5) is 7.08. The Hall–Kier alpha value is -0.220. The van der Waals surface area contributed by atoms with Crippen LogP contribution in [0.15, 0.2) is 4.99 Å². The van der Waals surface area contributed by atoms with E-state index in [4.69, 9.17) is 0 Å². The van der Waals surface area contributed by atoms with Crippen molar-refractivity contribution in [2.24, 2.45) is 10.9 Å². The smallest absolute Gasteiger partial charge is 0.156 e. The van der Waals surface area contributed by atoms with Crippen LogP contribution in [0.3, 0.4) is 0 Å². The number of hydrogen-bond donors (Lipinski definition) is 1. The summed E-state index contributed by atoms with van der Waals surface area (Å²) in [5.74, 6) is 0.723. The molecule has 2 aliphatic heterocycles. The van der Waals surface area contributed by atoms with Crippen LogP contribution in [0.25, 0.3) is 0 Å². The van der Waals surface area contributed by atoms with Crippen molar-refractivity contribution in [3.05, 3.63) is 0 Å². The van der Waals surface area contributed by atoms with Crippen LogP contribution in [-0.2, 0) is 0 Å². The van der Waals surface area contributed by atoms with Crippen molar-refractivity contribution in [3.8, 4) is 0 Å². The first-order valence-electron chi connectivity index (χ1n) is 6.82. The number of aliphatic imine (C=N–C) groups is 1. The van der Waals surface area contributed by atoms with Gasteiger partial charge in [-0.15, -0.1) is 0 Å². The number of piperidine rings is 1. The van der Waals surface area contributed by atoms with E-state index in [0.29, 0.717) is 11.3 Å². The lowest BCUT2D eigenvalue weighted by atomic mass is 10.0. The number of likely N-dealkylation sites (N-methyl/N-ethyl adjacent to an activating group) is 1. The van der Waals surface area contributed by atoms with Crippen LogP contribution >= 0.6 is 11.8 Å². The van der Waals surface area contributed by atoms with Gasteiger partial charge in [-0.3, -0.25) is 4.99 Å². The van der Waals surface area contributed by atoms with Gasteiger partial charge in [-0.05, 0) is 32.4 Å². The minimum atomic E-state index is 0.682. The van der Waals surface area contributed by atoms with E-state index < -0.39 is 0 Å². The second-order valence-electron chi connectivity index (χ2n) is 5.56. The lowest BCUT2D eigenvalue weighted by Gasteiger charge is -2.32. The minimum absolute atomic E-state index is 0.682. The molecule has 2 heterocycles. The molecule has 4 heteroatoms. The fourth-order valence-corrected chi connectivity index (χ4v) is 3.47. The van der Waals surface area contributed by atoms with Gasteiger partial charge in [-0.25, -0.2) is 0 Å². The highest BCUT2D eigenvalue weighted by atomic mass is 32.2. The molecule has 1 N–H and O–H groups in total. The van der Waals surface area contributed by atoms with E-state index in [0.717, 1.165) is 19.0 Å². The zero-order chi connectivity index (χ0) is 12.3. The molecule has 0 aromatic rings. The molecule has 0 aliphatic carbocycles. The van der Waals surface area contributed by atoms with Crippen LogP contribution in [0.2, 0.25) is 0 Å². The summed E-state index contributed by atoms with van der Waals surface area (Å²) < 4.78 is 0. The van der Waals surface area contributed by atoms with Crippen LogP contribution in [0.4, 0.5) is 0 Å². The van der Waals surface area contributed by atoms with Gasteiger partial charge in [0.2, 0.25) is 0 Å². The van der Waals surface area contributed by atoms with E-state index >= 15 is 0 Å². The van der Waals surface area contributed by atoms with Gasteiger partial charge < -0.3 is 10.2 Å². The Morgan fingerprint density at radius 3 is 2.94 bits per heavy atom. The highest BCUT2D eigenvalue weighted by Gasteiger charge is 2.24. The summed E-state index contributed by atoms with van der Waals surface area (Å²) in [6.07, 6.45) is 4.07. The molecule has 0 amide bonds. The van der Waals surface area contributed by atoms with E-state index in [2.05, 4.69) is 36.1 Å². The quantitative estimate of drug-likeness (QED) is 0.838. The van der Waals surface area contributed by atoms with Gasteiger partial charge >= 0.3 is 0 Å². The van der Waals surface area contributed by atoms with Crippen LogP contribution in [0.1, 0.15) is 33.1 Å². The molecule has 2 atom stereocenters. The summed E-state index contributed by atoms with van der Waals surface area (Å²) in [5, 5.41) is 5.39. The molecule has 17 heavy (non-hydrogen) atoms. The summed E-state index contributed by atoms with van der Waals surface area (Å²) >= 11 is 1.93. The van der Waals surface area contributed by atoms with Crippen molar-refractivity contribution >= 4 is 16.9 Å². The number of rotatable bonds is 3. The van der Waals surface area contributed by atoms with Crippen molar-refractivity contribution < 1.29 is 0 Å². The predicted molar refractivity (Wildman–Crippen MR) is 76.8 cm³/mol. The fourth-order valence-electron chi connectivity index (χ4n) is 2.44. The molecule has 0 saturated carbocycles. The highest BCUT2D eigenvalue weighted by Crippen LogP contribution is 2.26. The average molecular weight is 255 g/mol. The second-order valence-corrected chi connectivity index (χ2v) is 6.79. The van der Waals surface area contributed by atoms with Gasteiger partial charge in [0.05, 0.1) is 6.54 Å². The third-order valence-corrected chi connectivity index (χ3v) is 5.32. The molecule has 0 spiro atoms. The number of amidine groups is 1. The molecule has 0 bridgehead atoms. The van der Waals surface area contributed by atoms with E-state index in [1.165, 1.54) is 31.0 Å². The fraction of sp³-hybridized carbons (Fsp3) is 0.923. The first-order chi connectivity index (χ1) is 8.16. The summed E-state index contributed by atoms with van der Waals surface area (Å²) in [5.41, 5.74) is 0. The Morgan fingerprint density at radius 1 is 1.47 bits per heavy atom. The number of nitrogens with zero attached hydrogens (tertiary/aromatic N) is 2. The first-order valence-corrected chi connectivity index (χ1v) is 7.70. The Bertz CT molecular complexity index is 278. The second kappa shape index (κ2) is 6.10. The van der Waals surface area contributed by atoms with Crippen LogP contribution < -0.4 is 5.32 Å². The van der Waals surface area contributed by atoms with E-state index in [-0.39, 0.29) is 0 Å². The molecular weight excluding hydrogens is 230 g/mol. The molecule has 1 saturated heterocycles. The summed E-state index contributed by atoms with van der Waals surface area (Å²) in [6, 6.07) is 0.699. The molecule has 0 radical (unpaired) electrons. The number of thioether (sulfide) groups is 1. The van der Waals surface area contributed by atoms with Gasteiger partial charge in [0.15, 0.2) is 5.17 Å². The van der Waals surface area contributed by atoms with Crippen molar-refractivity contribution in [1.82, 2.24) is 10.2 Å². The Kier molecular flexibility index (Phi) is 4.74. The topological polar surface area (TPSA) is 27.6 Å². The molecule has 2 unspecified atom stereocenters. The molecule has 0 aromatic heterocycles. The maximum absolute atomic E-state index is 4.60. The monoisotopic (exact) mass is 255 g/mol. The van der Waals surface area contributed by atoms with Crippen LogP contribution in [0.5, 0.6) is 0 Å². The molecule has 2 rings (SSSR count). The van der Waals surface area contributed by atoms with Gasteiger partial charge in [0.1, 0.15) is 0 Å². The van der Waals surface area contributed by atoms with Gasteiger partial charge in [0, 0.05) is 17.8 Å². The molecule has 98 valence electrons. The molecular formula is C13H25N3S. The lowest BCUT2D eigenvalue weighted by Crippen LogP contribution is -2.44. The van der Waals surface area contributed by atoms with Crippen LogP contribution in [-0.4, -0.2) is 48.0 Å². The lowest BCUT2D eigenvalue weighted by molar-refractivity contribution is 0.187. The molecule has 0 aromatic carbocycles. The number of likely N-dealkylation sites (tertiary alicyclic amines) is 1. The summed E-state index contributed by atoms with van der Waals surface area (Å²) in [6.45, 7) is 7.87. The summed E-state index contributed by atoms with van der Waals surface area (Å²) in [7, 11) is 2.24.